The number of benzene rings is 2. The molecule has 0 amide bonds. The molecule has 1 unspecified atom stereocenters. The fourth-order valence-electron chi connectivity index (χ4n) is 3.53. The summed E-state index contributed by atoms with van der Waals surface area (Å²) >= 11 is 0. The quantitative estimate of drug-likeness (QED) is 0.486. The van der Waals surface area contributed by atoms with Crippen LogP contribution in [0.1, 0.15) is 5.56 Å². The molecule has 1 aliphatic heterocycles. The Labute approximate surface area is 164 Å². The van der Waals surface area contributed by atoms with Crippen molar-refractivity contribution in [1.29, 1.82) is 0 Å². The van der Waals surface area contributed by atoms with Crippen molar-refractivity contribution >= 4 is 21.8 Å². The number of hydrogen-bond acceptors (Lipinski definition) is 3. The summed E-state index contributed by atoms with van der Waals surface area (Å²) in [5, 5.41) is -0.208. The number of alkyl halides is 3. The van der Waals surface area contributed by atoms with E-state index in [4.69, 9.17) is 4.74 Å². The number of aromatic nitrogens is 2. The molecule has 4 rings (SSSR count). The van der Waals surface area contributed by atoms with Gasteiger partial charge in [-0.3, -0.25) is 14.3 Å². The summed E-state index contributed by atoms with van der Waals surface area (Å²) in [6.45, 7) is 0.0843. The minimum Gasteiger partial charge on any atom is -0.379 e. The molecule has 2 heterocycles. The predicted octanol–water partition coefficient (Wildman–Crippen LogP) is 3.30. The van der Waals surface area contributed by atoms with Gasteiger partial charge in [-0.1, -0.05) is 0 Å². The number of aromatic amines is 1. The fourth-order valence-corrected chi connectivity index (χ4v) is 6.19. The van der Waals surface area contributed by atoms with Gasteiger partial charge in [0.2, 0.25) is 0 Å². The van der Waals surface area contributed by atoms with Crippen molar-refractivity contribution < 1.29 is 22.3 Å². The lowest BCUT2D eigenvalue weighted by Crippen LogP contribution is -2.34. The van der Waals surface area contributed by atoms with Gasteiger partial charge in [-0.15, -0.1) is 0 Å². The monoisotopic (exact) mass is 428 g/mol. The first-order chi connectivity index (χ1) is 13.7. The molecular formula is C19H16F4N2O3S. The number of nitrogens with one attached hydrogen (secondary N) is 1. The molecule has 1 aliphatic rings. The average Bonchev–Trinajstić information content (AvgIpc) is 2.83. The van der Waals surface area contributed by atoms with Gasteiger partial charge < -0.3 is 4.74 Å². The molecule has 154 valence electrons. The van der Waals surface area contributed by atoms with E-state index in [1.165, 1.54) is 35.9 Å². The average molecular weight is 428 g/mol. The lowest BCUT2D eigenvalue weighted by atomic mass is 10.1. The van der Waals surface area contributed by atoms with Crippen LogP contribution in [-0.2, 0) is 17.5 Å². The van der Waals surface area contributed by atoms with Crippen LogP contribution in [0.15, 0.2) is 55.8 Å². The summed E-state index contributed by atoms with van der Waals surface area (Å²) in [6, 6.07) is 7.26. The Morgan fingerprint density at radius 2 is 1.86 bits per heavy atom. The van der Waals surface area contributed by atoms with Crippen molar-refractivity contribution in [2.75, 3.05) is 12.9 Å². The van der Waals surface area contributed by atoms with E-state index < -0.39 is 45.8 Å². The first kappa shape index (κ1) is 19.7. The third-order valence-electron chi connectivity index (χ3n) is 4.93. The van der Waals surface area contributed by atoms with Crippen molar-refractivity contribution in [3.8, 4) is 0 Å². The van der Waals surface area contributed by atoms with E-state index in [2.05, 4.69) is 4.98 Å². The normalized spacial score (nSPS) is 20.6. The predicted molar refractivity (Wildman–Crippen MR) is 101 cm³/mol. The molecule has 3 aromatic rings. The second-order valence-electron chi connectivity index (χ2n) is 6.70. The molecule has 0 saturated carbocycles. The summed E-state index contributed by atoms with van der Waals surface area (Å²) < 4.78 is 60.8. The molecule has 10 heteroatoms. The summed E-state index contributed by atoms with van der Waals surface area (Å²) in [7, 11) is 0.00375. The van der Waals surface area contributed by atoms with Gasteiger partial charge in [-0.2, -0.15) is 24.1 Å². The van der Waals surface area contributed by atoms with Crippen molar-refractivity contribution in [2.45, 2.75) is 28.6 Å². The van der Waals surface area contributed by atoms with E-state index in [9.17, 15) is 27.2 Å². The highest BCUT2D eigenvalue weighted by Gasteiger charge is 2.34. The lowest BCUT2D eigenvalue weighted by Gasteiger charge is -2.25. The molecule has 2 atom stereocenters. The van der Waals surface area contributed by atoms with Gasteiger partial charge in [0.25, 0.3) is 5.56 Å². The summed E-state index contributed by atoms with van der Waals surface area (Å²) in [5.74, 6) is -0.146. The van der Waals surface area contributed by atoms with Gasteiger partial charge in [-0.25, -0.2) is 9.18 Å². The minimum atomic E-state index is -4.67. The van der Waals surface area contributed by atoms with Gasteiger partial charge in [0.1, 0.15) is 5.82 Å². The zero-order valence-corrected chi connectivity index (χ0v) is 16.0. The number of nitrogens with zero attached hydrogens (tertiary/aromatic N) is 1. The number of H-pyrrole nitrogens is 1. The molecule has 2 aromatic carbocycles. The molecule has 0 spiro atoms. The third kappa shape index (κ3) is 3.46. The number of methoxy groups -OCH3 is 1. The van der Waals surface area contributed by atoms with Crippen LogP contribution in [0.2, 0.25) is 0 Å². The largest absolute Gasteiger partial charge is 0.416 e. The molecule has 0 fully saturated rings. The molecule has 29 heavy (non-hydrogen) atoms. The number of thiol groups is 1. The Morgan fingerprint density at radius 3 is 2.48 bits per heavy atom. The SMILES string of the molecule is CO[C@H]1Cn2c(=O)[nH]c(=O)c3cc(C(F)(F)F)cc(c32)[SH](c2ccc(F)cc2)C1. The Bertz CT molecular complexity index is 1200. The van der Waals surface area contributed by atoms with Gasteiger partial charge in [-0.05, 0) is 41.3 Å². The maximum absolute atomic E-state index is 13.5. The zero-order valence-electron chi connectivity index (χ0n) is 15.1. The highest BCUT2D eigenvalue weighted by atomic mass is 32.2. The first-order valence-electron chi connectivity index (χ1n) is 8.63. The molecule has 1 N–H and O–H groups in total. The van der Waals surface area contributed by atoms with E-state index in [-0.39, 0.29) is 22.3 Å². The van der Waals surface area contributed by atoms with Gasteiger partial charge in [0.05, 0.1) is 29.1 Å². The maximum Gasteiger partial charge on any atom is 0.416 e. The summed E-state index contributed by atoms with van der Waals surface area (Å²) in [6.07, 6.45) is -5.14. The number of rotatable bonds is 2. The maximum atomic E-state index is 13.5. The standard InChI is InChI=1S/C19H16F4N2O3S/c1-28-12-8-25-16-14(17(26)24-18(25)27)6-10(19(21,22)23)7-15(16)29(9-12)13-4-2-11(20)3-5-13/h2-7,12,29H,8-9H2,1H3,(H,24,26,27)/t12-/m0/s1. The van der Waals surface area contributed by atoms with Crippen molar-refractivity contribution in [3.63, 3.8) is 0 Å². The number of hydrogen-bond donors (Lipinski definition) is 2. The Morgan fingerprint density at radius 1 is 1.17 bits per heavy atom. The Balaban J connectivity index is 2.11. The van der Waals surface area contributed by atoms with Crippen LogP contribution in [0.5, 0.6) is 0 Å². The molecular weight excluding hydrogens is 412 g/mol. The van der Waals surface area contributed by atoms with Crippen molar-refractivity contribution in [3.05, 3.63) is 68.6 Å². The van der Waals surface area contributed by atoms with Crippen molar-refractivity contribution in [2.24, 2.45) is 0 Å². The molecule has 0 saturated heterocycles. The first-order valence-corrected chi connectivity index (χ1v) is 10.2. The van der Waals surface area contributed by atoms with E-state index in [1.807, 2.05) is 0 Å². The van der Waals surface area contributed by atoms with Crippen LogP contribution in [0.4, 0.5) is 17.6 Å². The van der Waals surface area contributed by atoms with Crippen LogP contribution in [0.3, 0.4) is 0 Å². The number of halogens is 4. The third-order valence-corrected chi connectivity index (χ3v) is 7.55. The van der Waals surface area contributed by atoms with Crippen LogP contribution >= 0.6 is 10.9 Å². The van der Waals surface area contributed by atoms with E-state index in [0.717, 1.165) is 12.1 Å². The highest BCUT2D eigenvalue weighted by Crippen LogP contribution is 2.50. The van der Waals surface area contributed by atoms with Gasteiger partial charge >= 0.3 is 11.9 Å². The molecule has 0 bridgehead atoms. The van der Waals surface area contributed by atoms with E-state index >= 15 is 0 Å². The molecule has 1 aromatic heterocycles. The zero-order chi connectivity index (χ0) is 20.9. The second-order valence-corrected chi connectivity index (χ2v) is 8.92. The topological polar surface area (TPSA) is 64.1 Å². The molecule has 0 aliphatic carbocycles. The minimum absolute atomic E-state index is 0.0843. The lowest BCUT2D eigenvalue weighted by molar-refractivity contribution is -0.137. The summed E-state index contributed by atoms with van der Waals surface area (Å²) in [4.78, 5) is 27.8. The van der Waals surface area contributed by atoms with Crippen molar-refractivity contribution in [1.82, 2.24) is 9.55 Å². The summed E-state index contributed by atoms with van der Waals surface area (Å²) in [5.41, 5.74) is -2.39. The van der Waals surface area contributed by atoms with Gasteiger partial charge in [0, 0.05) is 17.8 Å². The number of ether oxygens (including phenoxy) is 1. The van der Waals surface area contributed by atoms with Crippen LogP contribution < -0.4 is 11.2 Å². The van der Waals surface area contributed by atoms with Crippen LogP contribution in [-0.4, -0.2) is 28.5 Å². The smallest absolute Gasteiger partial charge is 0.379 e. The second kappa shape index (κ2) is 7.03. The van der Waals surface area contributed by atoms with Crippen LogP contribution in [0, 0.1) is 5.82 Å². The molecule has 0 radical (unpaired) electrons. The highest BCUT2D eigenvalue weighted by molar-refractivity contribution is 8.17. The van der Waals surface area contributed by atoms with Gasteiger partial charge in [0.15, 0.2) is 0 Å². The molecule has 5 nitrogen and oxygen atoms in total. The Hall–Kier alpha value is -2.59. The Kier molecular flexibility index (Phi) is 4.78. The van der Waals surface area contributed by atoms with E-state index in [0.29, 0.717) is 10.6 Å². The van der Waals surface area contributed by atoms with Crippen LogP contribution in [0.25, 0.3) is 10.9 Å². The van der Waals surface area contributed by atoms with E-state index in [1.54, 1.807) is 0 Å². The fraction of sp³-hybridized carbons (Fsp3) is 0.263.